The van der Waals surface area contributed by atoms with E-state index in [2.05, 4.69) is 26.1 Å². The highest BCUT2D eigenvalue weighted by Gasteiger charge is 2.32. The molecule has 1 fully saturated rings. The standard InChI is InChI=1S/C23H30ClN3O3S/c1-17(22(28)25-20-7-5-6-19(24)16-20)26-12-14-27(15-13-26)31(29,30)21-10-8-18(9-11-21)23(2,3)4/h5-11,16-17H,12-15H2,1-4H3,(H,25,28). The summed E-state index contributed by atoms with van der Waals surface area (Å²) >= 11 is 5.97. The molecule has 1 atom stereocenters. The van der Waals surface area contributed by atoms with Crippen LogP contribution in [0.25, 0.3) is 0 Å². The summed E-state index contributed by atoms with van der Waals surface area (Å²) in [5.41, 5.74) is 1.70. The minimum absolute atomic E-state index is 0.0320. The number of hydrogen-bond acceptors (Lipinski definition) is 4. The Kier molecular flexibility index (Phi) is 7.11. The van der Waals surface area contributed by atoms with Crippen LogP contribution in [0.2, 0.25) is 5.02 Å². The number of carbonyl (C=O) groups is 1. The molecule has 1 saturated heterocycles. The highest BCUT2D eigenvalue weighted by Crippen LogP contribution is 2.25. The maximum atomic E-state index is 13.0. The Morgan fingerprint density at radius 2 is 1.65 bits per heavy atom. The van der Waals surface area contributed by atoms with E-state index < -0.39 is 10.0 Å². The Bertz CT molecular complexity index is 1020. The van der Waals surface area contributed by atoms with Gasteiger partial charge in [0.1, 0.15) is 0 Å². The second-order valence-corrected chi connectivity index (χ2v) is 11.3. The van der Waals surface area contributed by atoms with E-state index >= 15 is 0 Å². The lowest BCUT2D eigenvalue weighted by Gasteiger charge is -2.36. The topological polar surface area (TPSA) is 69.7 Å². The summed E-state index contributed by atoms with van der Waals surface area (Å²) in [5.74, 6) is -0.142. The summed E-state index contributed by atoms with van der Waals surface area (Å²) < 4.78 is 27.6. The van der Waals surface area contributed by atoms with Crippen LogP contribution in [0.5, 0.6) is 0 Å². The third kappa shape index (κ3) is 5.66. The van der Waals surface area contributed by atoms with Crippen molar-refractivity contribution >= 4 is 33.2 Å². The lowest BCUT2D eigenvalue weighted by molar-refractivity contribution is -0.121. The average Bonchev–Trinajstić information content (AvgIpc) is 2.73. The van der Waals surface area contributed by atoms with Crippen LogP contribution in [0.15, 0.2) is 53.4 Å². The molecule has 2 aromatic carbocycles. The molecule has 0 spiro atoms. The first kappa shape index (κ1) is 23.7. The lowest BCUT2D eigenvalue weighted by atomic mass is 9.87. The molecule has 168 valence electrons. The van der Waals surface area contributed by atoms with Crippen molar-refractivity contribution in [3.8, 4) is 0 Å². The molecule has 3 rings (SSSR count). The average molecular weight is 464 g/mol. The Labute approximate surface area is 190 Å². The Morgan fingerprint density at radius 1 is 1.03 bits per heavy atom. The maximum Gasteiger partial charge on any atom is 0.243 e. The maximum absolute atomic E-state index is 13.0. The Morgan fingerprint density at radius 3 is 2.19 bits per heavy atom. The molecule has 0 saturated carbocycles. The van der Waals surface area contributed by atoms with E-state index in [0.29, 0.717) is 41.8 Å². The molecule has 1 aliphatic rings. The van der Waals surface area contributed by atoms with Crippen LogP contribution >= 0.6 is 11.6 Å². The largest absolute Gasteiger partial charge is 0.325 e. The molecule has 0 aromatic heterocycles. The van der Waals surface area contributed by atoms with Crippen LogP contribution < -0.4 is 5.32 Å². The summed E-state index contributed by atoms with van der Waals surface area (Å²) in [4.78, 5) is 14.9. The number of amides is 1. The summed E-state index contributed by atoms with van der Waals surface area (Å²) in [6.45, 7) is 9.79. The number of anilines is 1. The zero-order chi connectivity index (χ0) is 22.8. The van der Waals surface area contributed by atoms with E-state index in [1.807, 2.05) is 24.0 Å². The van der Waals surface area contributed by atoms with Gasteiger partial charge in [-0.2, -0.15) is 4.31 Å². The van der Waals surface area contributed by atoms with Crippen molar-refractivity contribution in [2.75, 3.05) is 31.5 Å². The van der Waals surface area contributed by atoms with Crippen molar-refractivity contribution < 1.29 is 13.2 Å². The van der Waals surface area contributed by atoms with Gasteiger partial charge in [0.25, 0.3) is 0 Å². The van der Waals surface area contributed by atoms with Gasteiger partial charge >= 0.3 is 0 Å². The third-order valence-electron chi connectivity index (χ3n) is 5.65. The zero-order valence-electron chi connectivity index (χ0n) is 18.4. The third-order valence-corrected chi connectivity index (χ3v) is 7.80. The van der Waals surface area contributed by atoms with Gasteiger partial charge in [-0.25, -0.2) is 8.42 Å². The van der Waals surface area contributed by atoms with Crippen molar-refractivity contribution in [2.45, 2.75) is 44.0 Å². The van der Waals surface area contributed by atoms with E-state index in [0.717, 1.165) is 5.56 Å². The van der Waals surface area contributed by atoms with E-state index in [1.54, 1.807) is 36.4 Å². The fourth-order valence-electron chi connectivity index (χ4n) is 3.59. The minimum Gasteiger partial charge on any atom is -0.325 e. The Hall–Kier alpha value is -1.93. The van der Waals surface area contributed by atoms with E-state index in [9.17, 15) is 13.2 Å². The molecular formula is C23H30ClN3O3S. The van der Waals surface area contributed by atoms with Gasteiger partial charge in [0.2, 0.25) is 15.9 Å². The SMILES string of the molecule is CC(C(=O)Nc1cccc(Cl)c1)N1CCN(S(=O)(=O)c2ccc(C(C)(C)C)cc2)CC1. The van der Waals surface area contributed by atoms with E-state index in [4.69, 9.17) is 11.6 Å². The van der Waals surface area contributed by atoms with Crippen molar-refractivity contribution in [3.05, 3.63) is 59.1 Å². The van der Waals surface area contributed by atoms with Crippen LogP contribution in [0.4, 0.5) is 5.69 Å². The first-order valence-corrected chi connectivity index (χ1v) is 12.2. The number of nitrogens with zero attached hydrogens (tertiary/aromatic N) is 2. The number of sulfonamides is 1. The normalized spacial score (nSPS) is 17.3. The van der Waals surface area contributed by atoms with Gasteiger partial charge in [-0.3, -0.25) is 9.69 Å². The van der Waals surface area contributed by atoms with Crippen molar-refractivity contribution in [3.63, 3.8) is 0 Å². The molecule has 31 heavy (non-hydrogen) atoms. The monoisotopic (exact) mass is 463 g/mol. The zero-order valence-corrected chi connectivity index (χ0v) is 20.0. The molecule has 1 aliphatic heterocycles. The van der Waals surface area contributed by atoms with Crippen molar-refractivity contribution in [1.29, 1.82) is 0 Å². The van der Waals surface area contributed by atoms with Gasteiger partial charge in [0.05, 0.1) is 10.9 Å². The molecule has 1 N–H and O–H groups in total. The number of benzene rings is 2. The number of hydrogen-bond donors (Lipinski definition) is 1. The molecule has 2 aromatic rings. The van der Waals surface area contributed by atoms with E-state index in [1.165, 1.54) is 4.31 Å². The van der Waals surface area contributed by atoms with Gasteiger partial charge in [-0.15, -0.1) is 0 Å². The fourth-order valence-corrected chi connectivity index (χ4v) is 5.20. The molecule has 1 unspecified atom stereocenters. The van der Waals surface area contributed by atoms with Crippen LogP contribution in [0.3, 0.4) is 0 Å². The summed E-state index contributed by atoms with van der Waals surface area (Å²) in [6, 6.07) is 13.8. The van der Waals surface area contributed by atoms with Crippen molar-refractivity contribution in [1.82, 2.24) is 9.21 Å². The number of rotatable bonds is 5. The van der Waals surface area contributed by atoms with Crippen LogP contribution in [-0.2, 0) is 20.2 Å². The van der Waals surface area contributed by atoms with Gasteiger partial charge in [0, 0.05) is 36.9 Å². The van der Waals surface area contributed by atoms with Gasteiger partial charge in [0.15, 0.2) is 0 Å². The predicted molar refractivity (Wildman–Crippen MR) is 125 cm³/mol. The number of halogens is 1. The molecule has 0 bridgehead atoms. The molecular weight excluding hydrogens is 434 g/mol. The van der Waals surface area contributed by atoms with Crippen LogP contribution in [-0.4, -0.2) is 55.8 Å². The van der Waals surface area contributed by atoms with Gasteiger partial charge in [-0.1, -0.05) is 50.6 Å². The molecule has 1 amide bonds. The predicted octanol–water partition coefficient (Wildman–Crippen LogP) is 3.97. The summed E-state index contributed by atoms with van der Waals surface area (Å²) in [6.07, 6.45) is 0. The molecule has 0 radical (unpaired) electrons. The highest BCUT2D eigenvalue weighted by molar-refractivity contribution is 7.89. The second-order valence-electron chi connectivity index (χ2n) is 8.89. The van der Waals surface area contributed by atoms with Gasteiger partial charge in [-0.05, 0) is 48.2 Å². The second kappa shape index (κ2) is 9.28. The fraction of sp³-hybridized carbons (Fsp3) is 0.435. The van der Waals surface area contributed by atoms with E-state index in [-0.39, 0.29) is 17.4 Å². The summed E-state index contributed by atoms with van der Waals surface area (Å²) in [5, 5.41) is 3.42. The smallest absolute Gasteiger partial charge is 0.243 e. The first-order valence-electron chi connectivity index (χ1n) is 10.4. The first-order chi connectivity index (χ1) is 14.5. The van der Waals surface area contributed by atoms with Crippen LogP contribution in [0.1, 0.15) is 33.3 Å². The number of carbonyl (C=O) groups excluding carboxylic acids is 1. The van der Waals surface area contributed by atoms with Gasteiger partial charge < -0.3 is 5.32 Å². The molecule has 8 heteroatoms. The molecule has 0 aliphatic carbocycles. The number of piperazine rings is 1. The highest BCUT2D eigenvalue weighted by atomic mass is 35.5. The van der Waals surface area contributed by atoms with Crippen molar-refractivity contribution in [2.24, 2.45) is 0 Å². The summed E-state index contributed by atoms with van der Waals surface area (Å²) in [7, 11) is -3.56. The molecule has 1 heterocycles. The molecule has 6 nitrogen and oxygen atoms in total. The lowest BCUT2D eigenvalue weighted by Crippen LogP contribution is -2.53. The van der Waals surface area contributed by atoms with Crippen LogP contribution in [0, 0.1) is 0 Å². The quantitative estimate of drug-likeness (QED) is 0.728. The minimum atomic E-state index is -3.56. The Balaban J connectivity index is 1.61. The number of nitrogens with one attached hydrogen (secondary N) is 1.